The van der Waals surface area contributed by atoms with Crippen molar-refractivity contribution in [1.29, 1.82) is 0 Å². The lowest BCUT2D eigenvalue weighted by Crippen LogP contribution is -2.53. The van der Waals surface area contributed by atoms with E-state index in [1.807, 2.05) is 51.1 Å². The standard InChI is InChI=1S/C25H40BrNO5Si/c1-24(2,3)31-22(28)21-20(32-33(7,8)25(4,5)6)16-19(14-15-26)27(21)23(29)30-17-18-12-10-9-11-13-18/h9-13,19-21H,14-17H2,1-8H3/t19-,20+,21-/m1/s1. The summed E-state index contributed by atoms with van der Waals surface area (Å²) in [6.07, 6.45) is 0.315. The van der Waals surface area contributed by atoms with Crippen molar-refractivity contribution in [2.75, 3.05) is 5.33 Å². The lowest BCUT2D eigenvalue weighted by atomic mass is 10.1. The molecule has 1 saturated heterocycles. The van der Waals surface area contributed by atoms with Crippen LogP contribution in [0.4, 0.5) is 4.79 Å². The van der Waals surface area contributed by atoms with Gasteiger partial charge in [-0.15, -0.1) is 0 Å². The van der Waals surface area contributed by atoms with Crippen LogP contribution in [0.5, 0.6) is 0 Å². The van der Waals surface area contributed by atoms with Gasteiger partial charge in [0.2, 0.25) is 0 Å². The minimum absolute atomic E-state index is 0.0301. The summed E-state index contributed by atoms with van der Waals surface area (Å²) in [6, 6.07) is 8.51. The molecule has 3 atom stereocenters. The second-order valence-electron chi connectivity index (χ2n) is 11.2. The minimum Gasteiger partial charge on any atom is -0.458 e. The van der Waals surface area contributed by atoms with Gasteiger partial charge in [0.05, 0.1) is 6.10 Å². The first-order chi connectivity index (χ1) is 15.2. The Morgan fingerprint density at radius 2 is 1.70 bits per heavy atom. The molecule has 0 N–H and O–H groups in total. The van der Waals surface area contributed by atoms with Crippen LogP contribution in [0.3, 0.4) is 0 Å². The minimum atomic E-state index is -2.20. The van der Waals surface area contributed by atoms with E-state index in [1.165, 1.54) is 0 Å². The van der Waals surface area contributed by atoms with Gasteiger partial charge in [0.1, 0.15) is 12.2 Å². The van der Waals surface area contributed by atoms with E-state index in [2.05, 4.69) is 49.8 Å². The molecule has 1 aliphatic heterocycles. The van der Waals surface area contributed by atoms with E-state index in [0.29, 0.717) is 18.2 Å². The molecule has 0 spiro atoms. The van der Waals surface area contributed by atoms with Crippen molar-refractivity contribution in [2.24, 2.45) is 0 Å². The number of benzene rings is 1. The van der Waals surface area contributed by atoms with Crippen LogP contribution < -0.4 is 0 Å². The number of carbonyl (C=O) groups excluding carboxylic acids is 2. The first-order valence-corrected chi connectivity index (χ1v) is 15.6. The van der Waals surface area contributed by atoms with Crippen LogP contribution >= 0.6 is 15.9 Å². The third kappa shape index (κ3) is 7.55. The molecule has 0 aromatic heterocycles. The van der Waals surface area contributed by atoms with Crippen molar-refractivity contribution in [2.45, 2.75) is 103 Å². The lowest BCUT2D eigenvalue weighted by Gasteiger charge is -2.40. The van der Waals surface area contributed by atoms with E-state index in [-0.39, 0.29) is 17.7 Å². The molecule has 2 rings (SSSR count). The largest absolute Gasteiger partial charge is 0.458 e. The van der Waals surface area contributed by atoms with Gasteiger partial charge in [0, 0.05) is 11.4 Å². The molecule has 1 aromatic rings. The number of ether oxygens (including phenoxy) is 2. The molecule has 0 unspecified atom stereocenters. The molecule has 0 saturated carbocycles. The predicted octanol–water partition coefficient (Wildman–Crippen LogP) is 6.28. The van der Waals surface area contributed by atoms with Crippen LogP contribution in [0.1, 0.15) is 59.9 Å². The molecule has 1 aliphatic rings. The molecule has 1 heterocycles. The summed E-state index contributed by atoms with van der Waals surface area (Å²) < 4.78 is 18.1. The smallest absolute Gasteiger partial charge is 0.411 e. The van der Waals surface area contributed by atoms with Crippen molar-refractivity contribution in [3.63, 3.8) is 0 Å². The van der Waals surface area contributed by atoms with Crippen LogP contribution in [0.2, 0.25) is 18.1 Å². The van der Waals surface area contributed by atoms with Crippen molar-refractivity contribution in [3.05, 3.63) is 35.9 Å². The fourth-order valence-corrected chi connectivity index (χ4v) is 5.52. The maximum absolute atomic E-state index is 13.4. The molecule has 186 valence electrons. The molecular weight excluding hydrogens is 502 g/mol. The molecule has 33 heavy (non-hydrogen) atoms. The first-order valence-electron chi connectivity index (χ1n) is 11.6. The van der Waals surface area contributed by atoms with Gasteiger partial charge in [-0.25, -0.2) is 9.59 Å². The van der Waals surface area contributed by atoms with Gasteiger partial charge in [-0.1, -0.05) is 67.0 Å². The molecule has 8 heteroatoms. The topological polar surface area (TPSA) is 65.1 Å². The average molecular weight is 543 g/mol. The first kappa shape index (κ1) is 27.9. The summed E-state index contributed by atoms with van der Waals surface area (Å²) >= 11 is 3.50. The number of halogens is 1. The van der Waals surface area contributed by atoms with E-state index >= 15 is 0 Å². The molecule has 0 bridgehead atoms. The number of nitrogens with zero attached hydrogens (tertiary/aromatic N) is 1. The Balaban J connectivity index is 2.36. The van der Waals surface area contributed by atoms with Gasteiger partial charge in [0.15, 0.2) is 14.4 Å². The monoisotopic (exact) mass is 541 g/mol. The fourth-order valence-electron chi connectivity index (χ4n) is 3.65. The maximum Gasteiger partial charge on any atom is 0.411 e. The van der Waals surface area contributed by atoms with Gasteiger partial charge < -0.3 is 13.9 Å². The van der Waals surface area contributed by atoms with Crippen LogP contribution in [0, 0.1) is 0 Å². The molecular formula is C25H40BrNO5Si. The Morgan fingerprint density at radius 3 is 2.21 bits per heavy atom. The highest BCUT2D eigenvalue weighted by atomic mass is 79.9. The Hall–Kier alpha value is -1.38. The highest BCUT2D eigenvalue weighted by molar-refractivity contribution is 9.09. The SMILES string of the molecule is CC(C)(C)OC(=O)[C@H]1[C@@H](O[Si](C)(C)C(C)(C)C)C[C@@H](CCBr)N1C(=O)OCc1ccccc1. The quantitative estimate of drug-likeness (QED) is 0.230. The van der Waals surface area contributed by atoms with Gasteiger partial charge in [0.25, 0.3) is 0 Å². The zero-order valence-electron chi connectivity index (χ0n) is 21.3. The number of carbonyl (C=O) groups is 2. The number of amides is 1. The number of esters is 1. The number of hydrogen-bond acceptors (Lipinski definition) is 5. The van der Waals surface area contributed by atoms with Crippen LogP contribution in [-0.4, -0.2) is 54.4 Å². The summed E-state index contributed by atoms with van der Waals surface area (Å²) in [4.78, 5) is 28.3. The van der Waals surface area contributed by atoms with Gasteiger partial charge in [-0.2, -0.15) is 0 Å². The molecule has 1 aromatic carbocycles. The average Bonchev–Trinajstić information content (AvgIpc) is 3.02. The molecule has 0 radical (unpaired) electrons. The summed E-state index contributed by atoms with van der Waals surface area (Å²) in [7, 11) is -2.20. The van der Waals surface area contributed by atoms with E-state index in [1.54, 1.807) is 4.90 Å². The zero-order chi connectivity index (χ0) is 25.0. The highest BCUT2D eigenvalue weighted by Gasteiger charge is 2.53. The summed E-state index contributed by atoms with van der Waals surface area (Å²) in [6.45, 7) is 16.5. The molecule has 6 nitrogen and oxygen atoms in total. The lowest BCUT2D eigenvalue weighted by molar-refractivity contribution is -0.162. The van der Waals surface area contributed by atoms with E-state index in [4.69, 9.17) is 13.9 Å². The third-order valence-electron chi connectivity index (χ3n) is 6.31. The molecule has 0 aliphatic carbocycles. The Bertz CT molecular complexity index is 803. The Kier molecular flexibility index (Phi) is 9.21. The summed E-state index contributed by atoms with van der Waals surface area (Å²) in [5.74, 6) is -0.444. The van der Waals surface area contributed by atoms with Crippen LogP contribution in [0.25, 0.3) is 0 Å². The van der Waals surface area contributed by atoms with Crippen LogP contribution in [-0.2, 0) is 25.3 Å². The van der Waals surface area contributed by atoms with Crippen molar-refractivity contribution >= 4 is 36.3 Å². The Labute approximate surface area is 208 Å². The number of alkyl halides is 1. The molecule has 1 fully saturated rings. The van der Waals surface area contributed by atoms with E-state index in [0.717, 1.165) is 5.56 Å². The molecule has 1 amide bonds. The van der Waals surface area contributed by atoms with Crippen molar-refractivity contribution < 1.29 is 23.5 Å². The Morgan fingerprint density at radius 1 is 1.09 bits per heavy atom. The van der Waals surface area contributed by atoms with Crippen LogP contribution in [0.15, 0.2) is 30.3 Å². The second-order valence-corrected chi connectivity index (χ2v) is 16.8. The number of hydrogen-bond donors (Lipinski definition) is 0. The second kappa shape index (κ2) is 10.9. The van der Waals surface area contributed by atoms with E-state index < -0.39 is 38.1 Å². The predicted molar refractivity (Wildman–Crippen MR) is 137 cm³/mol. The van der Waals surface area contributed by atoms with Crippen molar-refractivity contribution in [3.8, 4) is 0 Å². The normalized spacial score (nSPS) is 21.7. The summed E-state index contributed by atoms with van der Waals surface area (Å²) in [5.41, 5.74) is 0.219. The number of rotatable bonds is 7. The van der Waals surface area contributed by atoms with Gasteiger partial charge in [-0.05, 0) is 57.3 Å². The number of likely N-dealkylation sites (tertiary alicyclic amines) is 1. The van der Waals surface area contributed by atoms with Crippen molar-refractivity contribution in [1.82, 2.24) is 4.90 Å². The summed E-state index contributed by atoms with van der Waals surface area (Å²) in [5, 5.41) is 0.672. The fraction of sp³-hybridized carbons (Fsp3) is 0.680. The van der Waals surface area contributed by atoms with Gasteiger partial charge >= 0.3 is 12.1 Å². The van der Waals surface area contributed by atoms with E-state index in [9.17, 15) is 9.59 Å². The maximum atomic E-state index is 13.4. The highest BCUT2D eigenvalue weighted by Crippen LogP contribution is 2.41. The zero-order valence-corrected chi connectivity index (χ0v) is 23.9. The third-order valence-corrected chi connectivity index (χ3v) is 11.3. The van der Waals surface area contributed by atoms with Gasteiger partial charge in [-0.3, -0.25) is 4.90 Å².